The SMILES string of the molecule is C[Si](C)(C)c1ccc(COc2ccccc2)cc1. The summed E-state index contributed by atoms with van der Waals surface area (Å²) in [4.78, 5) is 0. The highest BCUT2D eigenvalue weighted by molar-refractivity contribution is 6.88. The molecule has 0 saturated heterocycles. The van der Waals surface area contributed by atoms with Gasteiger partial charge in [-0.25, -0.2) is 0 Å². The van der Waals surface area contributed by atoms with Crippen LogP contribution >= 0.6 is 0 Å². The topological polar surface area (TPSA) is 9.23 Å². The number of para-hydroxylation sites is 1. The van der Waals surface area contributed by atoms with Crippen LogP contribution in [0.5, 0.6) is 5.75 Å². The van der Waals surface area contributed by atoms with Gasteiger partial charge in [-0.1, -0.05) is 67.3 Å². The van der Waals surface area contributed by atoms with Gasteiger partial charge in [-0.15, -0.1) is 0 Å². The number of rotatable bonds is 4. The summed E-state index contributed by atoms with van der Waals surface area (Å²) in [6, 6.07) is 18.8. The van der Waals surface area contributed by atoms with Gasteiger partial charge in [0.1, 0.15) is 12.4 Å². The van der Waals surface area contributed by atoms with Gasteiger partial charge in [-0.3, -0.25) is 0 Å². The molecule has 0 heterocycles. The third kappa shape index (κ3) is 3.47. The van der Waals surface area contributed by atoms with E-state index in [1.165, 1.54) is 10.8 Å². The predicted molar refractivity (Wildman–Crippen MR) is 80.2 cm³/mol. The second kappa shape index (κ2) is 5.40. The molecule has 2 aromatic rings. The molecule has 0 radical (unpaired) electrons. The van der Waals surface area contributed by atoms with Crippen LogP contribution in [0.1, 0.15) is 5.56 Å². The molecule has 0 aromatic heterocycles. The van der Waals surface area contributed by atoms with E-state index in [9.17, 15) is 0 Å². The first-order valence-electron chi connectivity index (χ1n) is 6.33. The molecule has 2 heteroatoms. The largest absolute Gasteiger partial charge is 0.489 e. The highest BCUT2D eigenvalue weighted by Crippen LogP contribution is 2.11. The highest BCUT2D eigenvalue weighted by Gasteiger charge is 2.15. The molecular formula is C16H20OSi. The third-order valence-corrected chi connectivity index (χ3v) is 5.03. The van der Waals surface area contributed by atoms with E-state index in [2.05, 4.69) is 43.9 Å². The van der Waals surface area contributed by atoms with E-state index in [0.29, 0.717) is 6.61 Å². The fourth-order valence-corrected chi connectivity index (χ4v) is 2.95. The number of hydrogen-bond donors (Lipinski definition) is 0. The summed E-state index contributed by atoms with van der Waals surface area (Å²) in [7, 11) is -1.18. The van der Waals surface area contributed by atoms with Crippen molar-refractivity contribution in [3.8, 4) is 5.75 Å². The summed E-state index contributed by atoms with van der Waals surface area (Å²) >= 11 is 0. The first kappa shape index (κ1) is 12.9. The molecule has 0 N–H and O–H groups in total. The minimum atomic E-state index is -1.18. The molecule has 2 rings (SSSR count). The molecule has 0 spiro atoms. The van der Waals surface area contributed by atoms with Crippen LogP contribution < -0.4 is 9.92 Å². The lowest BCUT2D eigenvalue weighted by molar-refractivity contribution is 0.306. The van der Waals surface area contributed by atoms with Crippen LogP contribution in [0.4, 0.5) is 0 Å². The molecule has 0 bridgehead atoms. The van der Waals surface area contributed by atoms with E-state index in [1.54, 1.807) is 0 Å². The van der Waals surface area contributed by atoms with Crippen molar-refractivity contribution >= 4 is 13.3 Å². The second-order valence-electron chi connectivity index (χ2n) is 5.55. The Hall–Kier alpha value is -1.54. The molecule has 2 aromatic carbocycles. The molecule has 0 atom stereocenters. The molecule has 0 unspecified atom stereocenters. The Labute approximate surface area is 110 Å². The highest BCUT2D eigenvalue weighted by atomic mass is 28.3. The molecule has 94 valence electrons. The fraction of sp³-hybridized carbons (Fsp3) is 0.250. The molecule has 0 aliphatic heterocycles. The van der Waals surface area contributed by atoms with Crippen LogP contribution in [-0.2, 0) is 6.61 Å². The van der Waals surface area contributed by atoms with E-state index < -0.39 is 8.07 Å². The van der Waals surface area contributed by atoms with E-state index in [0.717, 1.165) is 5.75 Å². The summed E-state index contributed by atoms with van der Waals surface area (Å²) in [6.45, 7) is 7.73. The number of benzene rings is 2. The van der Waals surface area contributed by atoms with Gasteiger partial charge in [0.05, 0.1) is 8.07 Å². The van der Waals surface area contributed by atoms with Crippen molar-refractivity contribution in [1.29, 1.82) is 0 Å². The van der Waals surface area contributed by atoms with Gasteiger partial charge in [-0.05, 0) is 17.7 Å². The summed E-state index contributed by atoms with van der Waals surface area (Å²) < 4.78 is 5.73. The van der Waals surface area contributed by atoms with Gasteiger partial charge in [0, 0.05) is 0 Å². The minimum absolute atomic E-state index is 0.635. The van der Waals surface area contributed by atoms with Crippen molar-refractivity contribution in [3.63, 3.8) is 0 Å². The normalized spacial score (nSPS) is 11.3. The molecule has 0 amide bonds. The van der Waals surface area contributed by atoms with Crippen molar-refractivity contribution in [3.05, 3.63) is 60.2 Å². The Bertz CT molecular complexity index is 483. The monoisotopic (exact) mass is 256 g/mol. The summed E-state index contributed by atoms with van der Waals surface area (Å²) in [5.41, 5.74) is 1.22. The minimum Gasteiger partial charge on any atom is -0.489 e. The number of ether oxygens (including phenoxy) is 1. The summed E-state index contributed by atoms with van der Waals surface area (Å²) in [5.74, 6) is 0.923. The maximum atomic E-state index is 5.73. The van der Waals surface area contributed by atoms with E-state index >= 15 is 0 Å². The Morgan fingerprint density at radius 1 is 0.833 bits per heavy atom. The molecule has 0 saturated carbocycles. The first-order valence-corrected chi connectivity index (χ1v) is 9.83. The molecular weight excluding hydrogens is 236 g/mol. The van der Waals surface area contributed by atoms with Crippen molar-refractivity contribution in [1.82, 2.24) is 0 Å². The van der Waals surface area contributed by atoms with Crippen LogP contribution in [0.3, 0.4) is 0 Å². The van der Waals surface area contributed by atoms with Crippen LogP contribution in [0.15, 0.2) is 54.6 Å². The Balaban J connectivity index is 1.99. The summed E-state index contributed by atoms with van der Waals surface area (Å²) in [5, 5.41) is 1.49. The average molecular weight is 256 g/mol. The molecule has 0 fully saturated rings. The maximum Gasteiger partial charge on any atom is 0.119 e. The van der Waals surface area contributed by atoms with Crippen LogP contribution in [0.25, 0.3) is 0 Å². The maximum absolute atomic E-state index is 5.73. The van der Waals surface area contributed by atoms with Crippen molar-refractivity contribution in [2.24, 2.45) is 0 Å². The van der Waals surface area contributed by atoms with Crippen molar-refractivity contribution < 1.29 is 4.74 Å². The zero-order chi connectivity index (χ0) is 13.0. The molecule has 0 aliphatic rings. The predicted octanol–water partition coefficient (Wildman–Crippen LogP) is 3.81. The standard InChI is InChI=1S/C16H20OSi/c1-18(2,3)16-11-9-14(10-12-16)13-17-15-7-5-4-6-8-15/h4-12H,13H2,1-3H3. The lowest BCUT2D eigenvalue weighted by atomic mass is 10.2. The second-order valence-corrected chi connectivity index (χ2v) is 10.6. The quantitative estimate of drug-likeness (QED) is 0.756. The Kier molecular flexibility index (Phi) is 3.87. The smallest absolute Gasteiger partial charge is 0.119 e. The Morgan fingerprint density at radius 2 is 1.44 bits per heavy atom. The molecule has 18 heavy (non-hydrogen) atoms. The van der Waals surface area contributed by atoms with Gasteiger partial charge in [0.25, 0.3) is 0 Å². The zero-order valence-electron chi connectivity index (χ0n) is 11.3. The molecule has 0 aliphatic carbocycles. The van der Waals surface area contributed by atoms with Crippen LogP contribution in [0, 0.1) is 0 Å². The first-order chi connectivity index (χ1) is 8.55. The van der Waals surface area contributed by atoms with Crippen molar-refractivity contribution in [2.75, 3.05) is 0 Å². The van der Waals surface area contributed by atoms with Gasteiger partial charge in [0.15, 0.2) is 0 Å². The summed E-state index contributed by atoms with van der Waals surface area (Å²) in [6.07, 6.45) is 0. The average Bonchev–Trinajstić information content (AvgIpc) is 2.37. The van der Waals surface area contributed by atoms with Crippen molar-refractivity contribution in [2.45, 2.75) is 26.2 Å². The lowest BCUT2D eigenvalue weighted by Crippen LogP contribution is -2.37. The zero-order valence-corrected chi connectivity index (χ0v) is 12.3. The van der Waals surface area contributed by atoms with Gasteiger partial charge in [0.2, 0.25) is 0 Å². The molecule has 1 nitrogen and oxygen atoms in total. The van der Waals surface area contributed by atoms with E-state index in [-0.39, 0.29) is 0 Å². The van der Waals surface area contributed by atoms with Gasteiger partial charge in [-0.2, -0.15) is 0 Å². The fourth-order valence-electron chi connectivity index (χ4n) is 1.78. The lowest BCUT2D eigenvalue weighted by Gasteiger charge is -2.16. The van der Waals surface area contributed by atoms with Gasteiger partial charge < -0.3 is 4.74 Å². The van der Waals surface area contributed by atoms with E-state index in [4.69, 9.17) is 4.74 Å². The van der Waals surface area contributed by atoms with Crippen LogP contribution in [-0.4, -0.2) is 8.07 Å². The van der Waals surface area contributed by atoms with E-state index in [1.807, 2.05) is 30.3 Å². The third-order valence-electron chi connectivity index (χ3n) is 2.97. The van der Waals surface area contributed by atoms with Gasteiger partial charge >= 0.3 is 0 Å². The van der Waals surface area contributed by atoms with Crippen LogP contribution in [0.2, 0.25) is 19.6 Å². The number of hydrogen-bond acceptors (Lipinski definition) is 1. The Morgan fingerprint density at radius 3 is 2.00 bits per heavy atom.